The lowest BCUT2D eigenvalue weighted by Crippen LogP contribution is -2.53. The number of carbonyl (C=O) groups excluding carboxylic acids is 1. The van der Waals surface area contributed by atoms with Crippen molar-refractivity contribution in [2.45, 2.75) is 38.6 Å². The second-order valence-electron chi connectivity index (χ2n) is 5.18. The van der Waals surface area contributed by atoms with E-state index < -0.39 is 23.1 Å². The summed E-state index contributed by atoms with van der Waals surface area (Å²) in [6.07, 6.45) is 1.91. The third-order valence-electron chi connectivity index (χ3n) is 3.23. The molecule has 0 saturated carbocycles. The van der Waals surface area contributed by atoms with Gasteiger partial charge >= 0.3 is 0 Å². The third-order valence-corrected chi connectivity index (χ3v) is 3.23. The minimum atomic E-state index is -0.799. The molecule has 0 bridgehead atoms. The first-order valence-electron chi connectivity index (χ1n) is 7.01. The molecule has 0 spiro atoms. The van der Waals surface area contributed by atoms with Crippen molar-refractivity contribution >= 4 is 5.91 Å². The summed E-state index contributed by atoms with van der Waals surface area (Å²) in [4.78, 5) is 11.5. The summed E-state index contributed by atoms with van der Waals surface area (Å²) in [6, 6.07) is 3.02. The molecule has 0 fully saturated rings. The van der Waals surface area contributed by atoms with Crippen molar-refractivity contribution in [2.24, 2.45) is 5.73 Å². The van der Waals surface area contributed by atoms with E-state index in [4.69, 9.17) is 10.5 Å². The molecule has 1 aromatic carbocycles. The van der Waals surface area contributed by atoms with Crippen LogP contribution in [0.15, 0.2) is 18.2 Å². The van der Waals surface area contributed by atoms with Crippen LogP contribution in [0.1, 0.15) is 33.1 Å². The number of benzene rings is 1. The van der Waals surface area contributed by atoms with Crippen molar-refractivity contribution < 1.29 is 18.3 Å². The molecule has 1 atom stereocenters. The van der Waals surface area contributed by atoms with Crippen LogP contribution in [-0.2, 0) is 4.79 Å². The van der Waals surface area contributed by atoms with E-state index >= 15 is 0 Å². The number of hydrogen-bond acceptors (Lipinski definition) is 3. The monoisotopic (exact) mass is 300 g/mol. The fourth-order valence-corrected chi connectivity index (χ4v) is 1.93. The third kappa shape index (κ3) is 5.67. The lowest BCUT2D eigenvalue weighted by Gasteiger charge is -2.27. The van der Waals surface area contributed by atoms with Gasteiger partial charge in [-0.2, -0.15) is 0 Å². The molecule has 118 valence electrons. The molecule has 1 unspecified atom stereocenters. The van der Waals surface area contributed by atoms with Crippen molar-refractivity contribution in [3.8, 4) is 5.75 Å². The van der Waals surface area contributed by atoms with Gasteiger partial charge in [-0.05, 0) is 32.7 Å². The van der Waals surface area contributed by atoms with Crippen molar-refractivity contribution in [1.82, 2.24) is 5.32 Å². The van der Waals surface area contributed by atoms with Crippen LogP contribution in [0.4, 0.5) is 8.78 Å². The Balaban J connectivity index is 2.45. The number of nitrogens with one attached hydrogen (secondary N) is 1. The second kappa shape index (κ2) is 7.93. The van der Waals surface area contributed by atoms with Gasteiger partial charge in [0.2, 0.25) is 5.91 Å². The summed E-state index contributed by atoms with van der Waals surface area (Å²) < 4.78 is 31.2. The minimum absolute atomic E-state index is 0.134. The maximum atomic E-state index is 13.0. The SMILES string of the molecule is CCCNC(C)(CCCOc1cc(F)cc(F)c1)C(N)=O. The highest BCUT2D eigenvalue weighted by Gasteiger charge is 2.29. The Morgan fingerprint density at radius 2 is 1.95 bits per heavy atom. The minimum Gasteiger partial charge on any atom is -0.493 e. The Morgan fingerprint density at radius 3 is 2.48 bits per heavy atom. The van der Waals surface area contributed by atoms with E-state index in [0.717, 1.165) is 24.6 Å². The van der Waals surface area contributed by atoms with Crippen LogP contribution in [-0.4, -0.2) is 24.6 Å². The molecule has 0 aliphatic rings. The zero-order valence-corrected chi connectivity index (χ0v) is 12.4. The molecule has 0 saturated heterocycles. The number of ether oxygens (including phenoxy) is 1. The summed E-state index contributed by atoms with van der Waals surface area (Å²) in [7, 11) is 0. The average molecular weight is 300 g/mol. The summed E-state index contributed by atoms with van der Waals surface area (Å²) in [6.45, 7) is 4.68. The zero-order valence-electron chi connectivity index (χ0n) is 12.4. The summed E-state index contributed by atoms with van der Waals surface area (Å²) in [5.74, 6) is -1.66. The summed E-state index contributed by atoms with van der Waals surface area (Å²) in [5, 5.41) is 3.11. The molecular formula is C15H22F2N2O2. The highest BCUT2D eigenvalue weighted by Crippen LogP contribution is 2.17. The van der Waals surface area contributed by atoms with E-state index in [-0.39, 0.29) is 12.4 Å². The normalized spacial score (nSPS) is 13.7. The van der Waals surface area contributed by atoms with Gasteiger partial charge in [0.25, 0.3) is 0 Å². The number of rotatable bonds is 9. The van der Waals surface area contributed by atoms with Crippen molar-refractivity contribution in [2.75, 3.05) is 13.2 Å². The lowest BCUT2D eigenvalue weighted by molar-refractivity contribution is -0.124. The quantitative estimate of drug-likeness (QED) is 0.688. The highest BCUT2D eigenvalue weighted by molar-refractivity contribution is 5.84. The number of halogens is 2. The van der Waals surface area contributed by atoms with Gasteiger partial charge in [-0.1, -0.05) is 6.92 Å². The van der Waals surface area contributed by atoms with Crippen molar-refractivity contribution in [3.05, 3.63) is 29.8 Å². The maximum Gasteiger partial charge on any atom is 0.237 e. The van der Waals surface area contributed by atoms with Crippen molar-refractivity contribution in [1.29, 1.82) is 0 Å². The summed E-state index contributed by atoms with van der Waals surface area (Å²) in [5.41, 5.74) is 4.60. The number of carbonyl (C=O) groups is 1. The molecule has 0 aliphatic heterocycles. The van der Waals surface area contributed by atoms with Crippen LogP contribution in [0.2, 0.25) is 0 Å². The topological polar surface area (TPSA) is 64.3 Å². The largest absolute Gasteiger partial charge is 0.493 e. The molecule has 0 aromatic heterocycles. The Hall–Kier alpha value is -1.69. The first kappa shape index (κ1) is 17.4. The Kier molecular flexibility index (Phi) is 6.55. The van der Waals surface area contributed by atoms with Crippen LogP contribution < -0.4 is 15.8 Å². The van der Waals surface area contributed by atoms with Crippen LogP contribution in [0, 0.1) is 11.6 Å². The number of amides is 1. The van der Waals surface area contributed by atoms with Crippen LogP contribution in [0.25, 0.3) is 0 Å². The Morgan fingerprint density at radius 1 is 1.33 bits per heavy atom. The van der Waals surface area contributed by atoms with E-state index in [0.29, 0.717) is 19.4 Å². The fraction of sp³-hybridized carbons (Fsp3) is 0.533. The predicted octanol–water partition coefficient (Wildman–Crippen LogP) is 2.37. The molecule has 4 nitrogen and oxygen atoms in total. The number of hydrogen-bond donors (Lipinski definition) is 2. The van der Waals surface area contributed by atoms with E-state index in [1.807, 2.05) is 6.92 Å². The van der Waals surface area contributed by atoms with Gasteiger partial charge in [0, 0.05) is 18.2 Å². The molecule has 1 aromatic rings. The average Bonchev–Trinajstić information content (AvgIpc) is 2.40. The van der Waals surface area contributed by atoms with E-state index in [2.05, 4.69) is 5.32 Å². The molecule has 0 aliphatic carbocycles. The smallest absolute Gasteiger partial charge is 0.237 e. The van der Waals surface area contributed by atoms with E-state index in [1.165, 1.54) is 0 Å². The standard InChI is InChI=1S/C15H22F2N2O2/c1-3-6-19-15(2,14(18)20)5-4-7-21-13-9-11(16)8-12(17)10-13/h8-10,19H,3-7H2,1-2H3,(H2,18,20). The van der Waals surface area contributed by atoms with Crippen LogP contribution in [0.5, 0.6) is 5.75 Å². The van der Waals surface area contributed by atoms with Gasteiger partial charge < -0.3 is 15.8 Å². The lowest BCUT2D eigenvalue weighted by atomic mass is 9.95. The van der Waals surface area contributed by atoms with Gasteiger partial charge in [-0.3, -0.25) is 4.79 Å². The highest BCUT2D eigenvalue weighted by atomic mass is 19.1. The Bertz CT molecular complexity index is 462. The molecule has 0 heterocycles. The molecular weight excluding hydrogens is 278 g/mol. The molecule has 6 heteroatoms. The van der Waals surface area contributed by atoms with Gasteiger partial charge in [-0.15, -0.1) is 0 Å². The molecule has 0 radical (unpaired) electrons. The fourth-order valence-electron chi connectivity index (χ4n) is 1.93. The van der Waals surface area contributed by atoms with E-state index in [9.17, 15) is 13.6 Å². The number of nitrogens with two attached hydrogens (primary N) is 1. The van der Waals surface area contributed by atoms with Crippen molar-refractivity contribution in [3.63, 3.8) is 0 Å². The Labute approximate surface area is 123 Å². The van der Waals surface area contributed by atoms with Crippen LogP contribution in [0.3, 0.4) is 0 Å². The van der Waals surface area contributed by atoms with Gasteiger partial charge in [0.05, 0.1) is 12.1 Å². The molecule has 3 N–H and O–H groups in total. The first-order chi connectivity index (χ1) is 9.87. The molecule has 1 rings (SSSR count). The molecule has 21 heavy (non-hydrogen) atoms. The summed E-state index contributed by atoms with van der Waals surface area (Å²) >= 11 is 0. The number of primary amides is 1. The molecule has 1 amide bonds. The second-order valence-corrected chi connectivity index (χ2v) is 5.18. The van der Waals surface area contributed by atoms with Crippen LogP contribution >= 0.6 is 0 Å². The zero-order chi connectivity index (χ0) is 15.9. The maximum absolute atomic E-state index is 13.0. The first-order valence-corrected chi connectivity index (χ1v) is 7.01. The van der Waals surface area contributed by atoms with E-state index in [1.54, 1.807) is 6.92 Å². The van der Waals surface area contributed by atoms with Gasteiger partial charge in [0.1, 0.15) is 17.4 Å². The van der Waals surface area contributed by atoms with Gasteiger partial charge in [-0.25, -0.2) is 8.78 Å². The predicted molar refractivity (Wildman–Crippen MR) is 77.0 cm³/mol. The van der Waals surface area contributed by atoms with Gasteiger partial charge in [0.15, 0.2) is 0 Å².